The zero-order chi connectivity index (χ0) is 19.1. The van der Waals surface area contributed by atoms with Crippen LogP contribution in [0, 0.1) is 3.57 Å². The Morgan fingerprint density at radius 3 is 2.63 bits per heavy atom. The number of halogens is 2. The first-order valence-corrected chi connectivity index (χ1v) is 9.63. The molecule has 3 rings (SSSR count). The van der Waals surface area contributed by atoms with Crippen LogP contribution in [0.4, 0.5) is 0 Å². The second-order valence-corrected chi connectivity index (χ2v) is 7.27. The fraction of sp³-hybridized carbons (Fsp3) is 0.0476. The lowest BCUT2D eigenvalue weighted by molar-refractivity contribution is 0.0954. The first kappa shape index (κ1) is 19.4. The molecule has 1 N–H and O–H groups in total. The maximum absolute atomic E-state index is 12.1. The summed E-state index contributed by atoms with van der Waals surface area (Å²) in [6.45, 7) is 0.445. The van der Waals surface area contributed by atoms with Crippen LogP contribution >= 0.6 is 34.2 Å². The average molecular weight is 491 g/mol. The number of nitrogens with one attached hydrogen (secondary N) is 1. The zero-order valence-corrected chi connectivity index (χ0v) is 17.1. The number of hydrogen-bond acceptors (Lipinski definition) is 3. The van der Waals surface area contributed by atoms with E-state index >= 15 is 0 Å². The smallest absolute Gasteiger partial charge is 0.272 e. The van der Waals surface area contributed by atoms with E-state index < -0.39 is 0 Å². The van der Waals surface area contributed by atoms with Crippen molar-refractivity contribution in [2.75, 3.05) is 0 Å². The standard InChI is InChI=1S/C21H16ClIN2O2/c22-17-10-8-15(9-11-17)14-27-18-5-3-4-16(12-18)13-24-25-21(26)19-6-1-2-7-20(19)23/h1-13H,14H2,(H,25,26). The summed E-state index contributed by atoms with van der Waals surface area (Å²) in [6, 6.07) is 22.4. The van der Waals surface area contributed by atoms with Crippen LogP contribution in [0.2, 0.25) is 5.02 Å². The summed E-state index contributed by atoms with van der Waals surface area (Å²) < 4.78 is 6.67. The quantitative estimate of drug-likeness (QED) is 0.290. The summed E-state index contributed by atoms with van der Waals surface area (Å²) >= 11 is 8.00. The fourth-order valence-corrected chi connectivity index (χ4v) is 3.06. The van der Waals surface area contributed by atoms with Crippen molar-refractivity contribution in [2.24, 2.45) is 5.10 Å². The Balaban J connectivity index is 1.58. The summed E-state index contributed by atoms with van der Waals surface area (Å²) in [7, 11) is 0. The first-order chi connectivity index (χ1) is 13.1. The summed E-state index contributed by atoms with van der Waals surface area (Å²) in [6.07, 6.45) is 1.59. The van der Waals surface area contributed by atoms with Crippen molar-refractivity contribution in [3.05, 3.63) is 98.1 Å². The number of amides is 1. The van der Waals surface area contributed by atoms with Crippen LogP contribution in [-0.4, -0.2) is 12.1 Å². The Hall–Kier alpha value is -2.38. The lowest BCUT2D eigenvalue weighted by Crippen LogP contribution is -2.18. The van der Waals surface area contributed by atoms with Gasteiger partial charge in [0.1, 0.15) is 12.4 Å². The Bertz CT molecular complexity index is 958. The van der Waals surface area contributed by atoms with Crippen molar-refractivity contribution in [3.63, 3.8) is 0 Å². The second-order valence-electron chi connectivity index (χ2n) is 5.67. The third-order valence-electron chi connectivity index (χ3n) is 3.68. The molecule has 0 aliphatic carbocycles. The molecule has 3 aromatic rings. The van der Waals surface area contributed by atoms with E-state index in [9.17, 15) is 4.79 Å². The van der Waals surface area contributed by atoms with Gasteiger partial charge in [0.2, 0.25) is 0 Å². The van der Waals surface area contributed by atoms with E-state index in [0.717, 1.165) is 20.4 Å². The minimum absolute atomic E-state index is 0.244. The van der Waals surface area contributed by atoms with Gasteiger partial charge in [-0.05, 0) is 70.1 Å². The van der Waals surface area contributed by atoms with Crippen LogP contribution in [0.5, 0.6) is 5.75 Å². The Kier molecular flexibility index (Phi) is 6.84. The van der Waals surface area contributed by atoms with Gasteiger partial charge in [-0.1, -0.05) is 48.0 Å². The molecule has 0 radical (unpaired) electrons. The summed E-state index contributed by atoms with van der Waals surface area (Å²) in [5.74, 6) is 0.476. The van der Waals surface area contributed by atoms with Crippen molar-refractivity contribution in [2.45, 2.75) is 6.61 Å². The Labute approximate surface area is 176 Å². The van der Waals surface area contributed by atoms with E-state index in [1.54, 1.807) is 12.3 Å². The van der Waals surface area contributed by atoms with Crippen LogP contribution in [0.15, 0.2) is 77.9 Å². The van der Waals surface area contributed by atoms with Crippen molar-refractivity contribution < 1.29 is 9.53 Å². The summed E-state index contributed by atoms with van der Waals surface area (Å²) in [5, 5.41) is 4.73. The van der Waals surface area contributed by atoms with Gasteiger partial charge < -0.3 is 4.74 Å². The molecule has 0 spiro atoms. The highest BCUT2D eigenvalue weighted by Gasteiger charge is 2.07. The molecule has 1 amide bonds. The van der Waals surface area contributed by atoms with E-state index in [-0.39, 0.29) is 5.91 Å². The minimum atomic E-state index is -0.244. The predicted molar refractivity (Wildman–Crippen MR) is 116 cm³/mol. The molecule has 0 atom stereocenters. The van der Waals surface area contributed by atoms with Crippen molar-refractivity contribution in [3.8, 4) is 5.75 Å². The van der Waals surface area contributed by atoms with Crippen LogP contribution < -0.4 is 10.2 Å². The molecule has 3 aromatic carbocycles. The lowest BCUT2D eigenvalue weighted by atomic mass is 10.2. The number of carbonyl (C=O) groups excluding carboxylic acids is 1. The molecular weight excluding hydrogens is 475 g/mol. The maximum Gasteiger partial charge on any atom is 0.272 e. The lowest BCUT2D eigenvalue weighted by Gasteiger charge is -2.07. The molecule has 27 heavy (non-hydrogen) atoms. The molecule has 0 bridgehead atoms. The molecule has 0 saturated carbocycles. The van der Waals surface area contributed by atoms with E-state index in [1.165, 1.54) is 0 Å². The number of nitrogens with zero attached hydrogens (tertiary/aromatic N) is 1. The van der Waals surface area contributed by atoms with Gasteiger partial charge in [-0.15, -0.1) is 0 Å². The van der Waals surface area contributed by atoms with Crippen LogP contribution in [0.1, 0.15) is 21.5 Å². The highest BCUT2D eigenvalue weighted by molar-refractivity contribution is 14.1. The van der Waals surface area contributed by atoms with Crippen LogP contribution in [-0.2, 0) is 6.61 Å². The van der Waals surface area contributed by atoms with Gasteiger partial charge in [0.25, 0.3) is 5.91 Å². The molecule has 0 saturated heterocycles. The van der Waals surface area contributed by atoms with Gasteiger partial charge in [-0.25, -0.2) is 5.43 Å². The molecule has 0 aromatic heterocycles. The SMILES string of the molecule is O=C(NN=Cc1cccc(OCc2ccc(Cl)cc2)c1)c1ccccc1I. The van der Waals surface area contributed by atoms with Crippen molar-refractivity contribution >= 4 is 46.3 Å². The molecule has 0 aliphatic heterocycles. The molecule has 136 valence electrons. The third-order valence-corrected chi connectivity index (χ3v) is 4.87. The third kappa shape index (κ3) is 5.80. The van der Waals surface area contributed by atoms with E-state index in [0.29, 0.717) is 17.2 Å². The van der Waals surface area contributed by atoms with Gasteiger partial charge in [0, 0.05) is 8.59 Å². The molecule has 0 fully saturated rings. The zero-order valence-electron chi connectivity index (χ0n) is 14.2. The highest BCUT2D eigenvalue weighted by atomic mass is 127. The second kappa shape index (κ2) is 9.53. The van der Waals surface area contributed by atoms with Crippen molar-refractivity contribution in [1.29, 1.82) is 0 Å². The number of hydrazone groups is 1. The topological polar surface area (TPSA) is 50.7 Å². The van der Waals surface area contributed by atoms with E-state index in [2.05, 4.69) is 33.1 Å². The Morgan fingerprint density at radius 2 is 1.85 bits per heavy atom. The van der Waals surface area contributed by atoms with Crippen LogP contribution in [0.25, 0.3) is 0 Å². The Morgan fingerprint density at radius 1 is 1.07 bits per heavy atom. The minimum Gasteiger partial charge on any atom is -0.489 e. The van der Waals surface area contributed by atoms with Gasteiger partial charge in [-0.2, -0.15) is 5.10 Å². The van der Waals surface area contributed by atoms with Crippen LogP contribution in [0.3, 0.4) is 0 Å². The molecule has 4 nitrogen and oxygen atoms in total. The monoisotopic (exact) mass is 490 g/mol. The molecule has 0 heterocycles. The fourth-order valence-electron chi connectivity index (χ4n) is 2.30. The average Bonchev–Trinajstić information content (AvgIpc) is 2.68. The largest absolute Gasteiger partial charge is 0.489 e. The normalized spacial score (nSPS) is 10.7. The number of carbonyl (C=O) groups is 1. The highest BCUT2D eigenvalue weighted by Crippen LogP contribution is 2.16. The molecule has 6 heteroatoms. The number of ether oxygens (including phenoxy) is 1. The van der Waals surface area contributed by atoms with Gasteiger partial charge in [0.15, 0.2) is 0 Å². The van der Waals surface area contributed by atoms with E-state index in [1.807, 2.05) is 66.7 Å². The van der Waals surface area contributed by atoms with Gasteiger partial charge in [0.05, 0.1) is 11.8 Å². The predicted octanol–water partition coefficient (Wildman–Crippen LogP) is 5.29. The summed E-state index contributed by atoms with van der Waals surface area (Å²) in [5.41, 5.74) is 4.99. The summed E-state index contributed by atoms with van der Waals surface area (Å²) in [4.78, 5) is 12.1. The van der Waals surface area contributed by atoms with Crippen molar-refractivity contribution in [1.82, 2.24) is 5.43 Å². The van der Waals surface area contributed by atoms with Gasteiger partial charge >= 0.3 is 0 Å². The number of benzene rings is 3. The number of rotatable bonds is 6. The number of hydrogen-bond donors (Lipinski definition) is 1. The first-order valence-electron chi connectivity index (χ1n) is 8.17. The molecule has 0 unspecified atom stereocenters. The molecular formula is C21H16ClIN2O2. The van der Waals surface area contributed by atoms with E-state index in [4.69, 9.17) is 16.3 Å². The van der Waals surface area contributed by atoms with Gasteiger partial charge in [-0.3, -0.25) is 4.79 Å². The maximum atomic E-state index is 12.1. The molecule has 0 aliphatic rings.